The normalized spacial score (nSPS) is 16.9. The number of amides is 1. The number of alkyl halides is 3. The zero-order valence-corrected chi connectivity index (χ0v) is 11.7. The highest BCUT2D eigenvalue weighted by Crippen LogP contribution is 2.27. The van der Waals surface area contributed by atoms with E-state index in [-0.39, 0.29) is 11.9 Å². The van der Waals surface area contributed by atoms with Gasteiger partial charge in [-0.05, 0) is 24.8 Å². The first-order valence-corrected chi connectivity index (χ1v) is 6.76. The van der Waals surface area contributed by atoms with Crippen LogP contribution in [0, 0.1) is 5.92 Å². The number of anilines is 1. The summed E-state index contributed by atoms with van der Waals surface area (Å²) in [5.74, 6) is 0.347. The van der Waals surface area contributed by atoms with Crippen molar-refractivity contribution in [1.29, 1.82) is 0 Å². The van der Waals surface area contributed by atoms with E-state index in [1.165, 1.54) is 6.92 Å². The Labute approximate surface area is 120 Å². The summed E-state index contributed by atoms with van der Waals surface area (Å²) >= 11 is 0. The molecule has 0 radical (unpaired) electrons. The molecule has 21 heavy (non-hydrogen) atoms. The molecule has 8 heteroatoms. The summed E-state index contributed by atoms with van der Waals surface area (Å²) in [5.41, 5.74) is -0.952. The molecule has 2 heterocycles. The second-order valence-electron chi connectivity index (χ2n) is 5.09. The molecule has 0 bridgehead atoms. The molecule has 1 amide bonds. The van der Waals surface area contributed by atoms with Crippen LogP contribution < -0.4 is 5.32 Å². The number of carbonyl (C=O) groups excluding carboxylic acids is 1. The van der Waals surface area contributed by atoms with Crippen molar-refractivity contribution < 1.29 is 18.0 Å². The molecule has 5 nitrogen and oxygen atoms in total. The fourth-order valence-corrected chi connectivity index (χ4v) is 2.29. The number of likely N-dealkylation sites (tertiary alicyclic amines) is 1. The van der Waals surface area contributed by atoms with Gasteiger partial charge in [-0.1, -0.05) is 0 Å². The number of piperidine rings is 1. The molecule has 2 rings (SSSR count). The molecule has 1 aromatic heterocycles. The van der Waals surface area contributed by atoms with Crippen LogP contribution in [0.3, 0.4) is 0 Å². The van der Waals surface area contributed by atoms with Crippen LogP contribution in [-0.2, 0) is 11.0 Å². The van der Waals surface area contributed by atoms with Crippen LogP contribution in [0.5, 0.6) is 0 Å². The predicted octanol–water partition coefficient (Wildman–Crippen LogP) is 2.17. The summed E-state index contributed by atoms with van der Waals surface area (Å²) in [5, 5.41) is 2.85. The predicted molar refractivity (Wildman–Crippen MR) is 70.5 cm³/mol. The van der Waals surface area contributed by atoms with Crippen LogP contribution >= 0.6 is 0 Å². The van der Waals surface area contributed by atoms with Gasteiger partial charge in [-0.3, -0.25) is 4.79 Å². The Morgan fingerprint density at radius 2 is 2.10 bits per heavy atom. The van der Waals surface area contributed by atoms with E-state index in [4.69, 9.17) is 0 Å². The lowest BCUT2D eigenvalue weighted by Crippen LogP contribution is -2.38. The van der Waals surface area contributed by atoms with Crippen LogP contribution in [0.2, 0.25) is 0 Å². The van der Waals surface area contributed by atoms with E-state index < -0.39 is 11.9 Å². The number of nitrogens with one attached hydrogen (secondary N) is 1. The maximum Gasteiger partial charge on any atom is 0.433 e. The quantitative estimate of drug-likeness (QED) is 0.929. The maximum atomic E-state index is 12.5. The molecule has 0 unspecified atom stereocenters. The van der Waals surface area contributed by atoms with E-state index in [1.807, 2.05) is 0 Å². The van der Waals surface area contributed by atoms with Gasteiger partial charge in [0.15, 0.2) is 0 Å². The van der Waals surface area contributed by atoms with Crippen molar-refractivity contribution in [3.63, 3.8) is 0 Å². The maximum absolute atomic E-state index is 12.5. The molecular formula is C13H17F3N4O. The van der Waals surface area contributed by atoms with Gasteiger partial charge in [0.05, 0.1) is 0 Å². The Hall–Kier alpha value is -1.86. The Balaban J connectivity index is 1.85. The molecule has 116 valence electrons. The van der Waals surface area contributed by atoms with Crippen LogP contribution in [0.15, 0.2) is 12.3 Å². The first-order valence-electron chi connectivity index (χ1n) is 6.76. The fraction of sp³-hybridized carbons (Fsp3) is 0.615. The largest absolute Gasteiger partial charge is 0.433 e. The van der Waals surface area contributed by atoms with Crippen molar-refractivity contribution in [2.75, 3.05) is 25.0 Å². The topological polar surface area (TPSA) is 58.1 Å². The Bertz CT molecular complexity index is 498. The number of halogens is 3. The first kappa shape index (κ1) is 15.5. The lowest BCUT2D eigenvalue weighted by atomic mass is 9.97. The van der Waals surface area contributed by atoms with Gasteiger partial charge in [0.25, 0.3) is 0 Å². The highest BCUT2D eigenvalue weighted by atomic mass is 19.4. The molecule has 1 N–H and O–H groups in total. The molecular weight excluding hydrogens is 285 g/mol. The lowest BCUT2D eigenvalue weighted by Gasteiger charge is -2.31. The Kier molecular flexibility index (Phi) is 4.64. The third-order valence-corrected chi connectivity index (χ3v) is 3.55. The molecule has 0 saturated carbocycles. The summed E-state index contributed by atoms with van der Waals surface area (Å²) in [6, 6.07) is 0.844. The second-order valence-corrected chi connectivity index (χ2v) is 5.09. The van der Waals surface area contributed by atoms with Gasteiger partial charge in [-0.25, -0.2) is 9.97 Å². The van der Waals surface area contributed by atoms with Crippen molar-refractivity contribution in [1.82, 2.24) is 14.9 Å². The molecule has 1 fully saturated rings. The van der Waals surface area contributed by atoms with Crippen LogP contribution in [0.1, 0.15) is 25.5 Å². The van der Waals surface area contributed by atoms with Crippen LogP contribution in [0.4, 0.5) is 19.1 Å². The van der Waals surface area contributed by atoms with Gasteiger partial charge in [0.1, 0.15) is 5.69 Å². The van der Waals surface area contributed by atoms with Crippen molar-refractivity contribution in [2.24, 2.45) is 5.92 Å². The van der Waals surface area contributed by atoms with Gasteiger partial charge >= 0.3 is 6.18 Å². The molecule has 0 aromatic carbocycles. The molecule has 0 spiro atoms. The highest BCUT2D eigenvalue weighted by Gasteiger charge is 2.32. The van der Waals surface area contributed by atoms with Crippen LogP contribution in [-0.4, -0.2) is 40.4 Å². The number of aromatic nitrogens is 2. The van der Waals surface area contributed by atoms with Gasteiger partial charge in [-0.2, -0.15) is 13.2 Å². The second kappa shape index (κ2) is 6.28. The van der Waals surface area contributed by atoms with E-state index in [9.17, 15) is 18.0 Å². The number of hydrogen-bond acceptors (Lipinski definition) is 4. The molecule has 1 aromatic rings. The summed E-state index contributed by atoms with van der Waals surface area (Å²) in [4.78, 5) is 20.2. The number of hydrogen-bond donors (Lipinski definition) is 1. The highest BCUT2D eigenvalue weighted by molar-refractivity contribution is 5.73. The van der Waals surface area contributed by atoms with E-state index in [1.54, 1.807) is 4.90 Å². The van der Waals surface area contributed by atoms with Crippen molar-refractivity contribution in [3.8, 4) is 0 Å². The zero-order chi connectivity index (χ0) is 15.5. The minimum Gasteiger partial charge on any atom is -0.354 e. The number of rotatable bonds is 3. The van der Waals surface area contributed by atoms with Gasteiger partial charge < -0.3 is 10.2 Å². The summed E-state index contributed by atoms with van der Waals surface area (Å²) < 4.78 is 37.6. The van der Waals surface area contributed by atoms with Gasteiger partial charge in [0, 0.05) is 32.8 Å². The van der Waals surface area contributed by atoms with E-state index in [0.717, 1.165) is 25.1 Å². The number of nitrogens with zero attached hydrogens (tertiary/aromatic N) is 3. The average molecular weight is 302 g/mol. The average Bonchev–Trinajstić information content (AvgIpc) is 2.45. The third kappa shape index (κ3) is 4.30. The monoisotopic (exact) mass is 302 g/mol. The van der Waals surface area contributed by atoms with E-state index >= 15 is 0 Å². The van der Waals surface area contributed by atoms with Crippen molar-refractivity contribution in [3.05, 3.63) is 18.0 Å². The fourth-order valence-electron chi connectivity index (χ4n) is 2.29. The summed E-state index contributed by atoms with van der Waals surface area (Å²) in [7, 11) is 0. The minimum absolute atomic E-state index is 0.0150. The van der Waals surface area contributed by atoms with Gasteiger partial charge in [-0.15, -0.1) is 0 Å². The molecule has 1 saturated heterocycles. The van der Waals surface area contributed by atoms with Gasteiger partial charge in [0.2, 0.25) is 11.9 Å². The van der Waals surface area contributed by atoms with Crippen LogP contribution in [0.25, 0.3) is 0 Å². The summed E-state index contributed by atoms with van der Waals surface area (Å²) in [6.07, 6.45) is -1.72. The smallest absolute Gasteiger partial charge is 0.354 e. The number of carbonyl (C=O) groups is 1. The summed E-state index contributed by atoms with van der Waals surface area (Å²) in [6.45, 7) is 3.42. The van der Waals surface area contributed by atoms with Crippen molar-refractivity contribution >= 4 is 11.9 Å². The first-order chi connectivity index (χ1) is 9.86. The minimum atomic E-state index is -4.47. The molecule has 1 aliphatic heterocycles. The lowest BCUT2D eigenvalue weighted by molar-refractivity contribution is -0.141. The van der Waals surface area contributed by atoms with E-state index in [0.29, 0.717) is 25.6 Å². The van der Waals surface area contributed by atoms with E-state index in [2.05, 4.69) is 15.3 Å². The third-order valence-electron chi connectivity index (χ3n) is 3.55. The molecule has 1 aliphatic rings. The Morgan fingerprint density at radius 1 is 1.43 bits per heavy atom. The molecule has 0 atom stereocenters. The SMILES string of the molecule is CC(=O)N1CCC(CNc2nccc(C(F)(F)F)n2)CC1. The molecule has 0 aliphatic carbocycles. The zero-order valence-electron chi connectivity index (χ0n) is 11.7. The standard InChI is InChI=1S/C13H17F3N4O/c1-9(21)20-6-3-10(4-7-20)8-18-12-17-5-2-11(19-12)13(14,15)16/h2,5,10H,3-4,6-8H2,1H3,(H,17,18,19). The Morgan fingerprint density at radius 3 is 2.67 bits per heavy atom. The van der Waals surface area contributed by atoms with Crippen molar-refractivity contribution in [2.45, 2.75) is 25.9 Å².